The fourth-order valence-corrected chi connectivity index (χ4v) is 15.0. The molecule has 6 aliphatic carbocycles. The Hall–Kier alpha value is -1.31. The maximum atomic E-state index is 14.0. The second-order valence-corrected chi connectivity index (χ2v) is 21.6. The number of sulfone groups is 1. The van der Waals surface area contributed by atoms with Crippen LogP contribution < -0.4 is 5.32 Å². The summed E-state index contributed by atoms with van der Waals surface area (Å²) >= 11 is 0. The topological polar surface area (TPSA) is 66.5 Å². The predicted molar refractivity (Wildman–Crippen MR) is 198 cm³/mol. The summed E-state index contributed by atoms with van der Waals surface area (Å²) in [6.07, 6.45) is 16.7. The van der Waals surface area contributed by atoms with Crippen molar-refractivity contribution >= 4 is 15.6 Å². The van der Waals surface area contributed by atoms with Crippen LogP contribution in [0, 0.1) is 51.2 Å². The van der Waals surface area contributed by atoms with Gasteiger partial charge in [-0.15, -0.1) is 0 Å². The van der Waals surface area contributed by atoms with Gasteiger partial charge in [-0.3, -0.25) is 9.18 Å². The zero-order chi connectivity index (χ0) is 35.2. The molecule has 1 saturated heterocycles. The molecule has 0 aromatic rings. The predicted octanol–water partition coefficient (Wildman–Crippen LogP) is 8.27. The Kier molecular flexibility index (Phi) is 9.12. The molecule has 3 saturated carbocycles. The molecule has 7 rings (SSSR count). The molecule has 0 spiro atoms. The Morgan fingerprint density at radius 2 is 1.67 bits per heavy atom. The van der Waals surface area contributed by atoms with Crippen LogP contribution in [0.1, 0.15) is 119 Å². The number of carbonyl (C=O) groups is 1. The van der Waals surface area contributed by atoms with Gasteiger partial charge in [-0.05, 0) is 138 Å². The summed E-state index contributed by atoms with van der Waals surface area (Å²) in [5.41, 5.74) is 6.08. The van der Waals surface area contributed by atoms with E-state index < -0.39 is 9.84 Å². The van der Waals surface area contributed by atoms with Crippen LogP contribution in [0.2, 0.25) is 0 Å². The molecule has 8 atom stereocenters. The van der Waals surface area contributed by atoms with Crippen molar-refractivity contribution < 1.29 is 17.6 Å². The highest BCUT2D eigenvalue weighted by atomic mass is 32.2. The quantitative estimate of drug-likeness (QED) is 0.290. The first-order valence-corrected chi connectivity index (χ1v) is 21.7. The van der Waals surface area contributed by atoms with Crippen LogP contribution in [0.15, 0.2) is 34.4 Å². The van der Waals surface area contributed by atoms with Crippen LogP contribution >= 0.6 is 0 Å². The van der Waals surface area contributed by atoms with E-state index in [2.05, 4.69) is 70.8 Å². The molecule has 0 unspecified atom stereocenters. The van der Waals surface area contributed by atoms with Crippen molar-refractivity contribution in [1.82, 2.24) is 10.2 Å². The summed E-state index contributed by atoms with van der Waals surface area (Å²) < 4.78 is 37.5. The molecular formula is C42H65FN2O3S. The summed E-state index contributed by atoms with van der Waals surface area (Å²) in [4.78, 5) is 16.2. The molecular weight excluding hydrogens is 632 g/mol. The third-order valence-corrected chi connectivity index (χ3v) is 18.0. The molecule has 4 fully saturated rings. The van der Waals surface area contributed by atoms with E-state index in [0.29, 0.717) is 43.0 Å². The lowest BCUT2D eigenvalue weighted by Gasteiger charge is -2.71. The van der Waals surface area contributed by atoms with Gasteiger partial charge in [0.05, 0.1) is 18.2 Å². The average molecular weight is 697 g/mol. The van der Waals surface area contributed by atoms with Crippen molar-refractivity contribution in [1.29, 1.82) is 0 Å². The summed E-state index contributed by atoms with van der Waals surface area (Å²) in [6, 6.07) is 0. The Morgan fingerprint density at radius 3 is 2.33 bits per heavy atom. The van der Waals surface area contributed by atoms with Gasteiger partial charge in [0.2, 0.25) is 0 Å². The molecule has 5 nitrogen and oxygen atoms in total. The molecule has 1 N–H and O–H groups in total. The van der Waals surface area contributed by atoms with E-state index in [4.69, 9.17) is 0 Å². The maximum absolute atomic E-state index is 14.0. The summed E-state index contributed by atoms with van der Waals surface area (Å²) in [6.45, 7) is 20.1. The molecule has 7 aliphatic rings. The lowest BCUT2D eigenvalue weighted by atomic mass is 9.33. The Balaban J connectivity index is 1.17. The molecule has 0 aromatic carbocycles. The number of carbonyl (C=O) groups excluding carboxylic acids is 1. The van der Waals surface area contributed by atoms with Crippen molar-refractivity contribution in [3.63, 3.8) is 0 Å². The summed E-state index contributed by atoms with van der Waals surface area (Å²) in [5, 5.41) is 4.02. The third kappa shape index (κ3) is 5.54. The van der Waals surface area contributed by atoms with Crippen molar-refractivity contribution in [3.05, 3.63) is 34.4 Å². The Morgan fingerprint density at radius 1 is 0.939 bits per heavy atom. The SMILES string of the molecule is CC(C)C1=C2[C@H]3CC[C@@H]4[C@@]5(C)CC=C(C6=CC[C@H](CF)CC6)C(C)(C)[C@@H]5CC[C@@]4(C)[C@]3(C)CC[C@@]2(NCCN2CCS(=O)(=O)CC2)CC1=O. The molecule has 0 amide bonds. The van der Waals surface area contributed by atoms with Gasteiger partial charge in [0, 0.05) is 38.1 Å². The van der Waals surface area contributed by atoms with Gasteiger partial charge in [-0.1, -0.05) is 60.6 Å². The zero-order valence-electron chi connectivity index (χ0n) is 31.7. The van der Waals surface area contributed by atoms with Crippen LogP contribution in [0.3, 0.4) is 0 Å². The van der Waals surface area contributed by atoms with Crippen molar-refractivity contribution in [2.75, 3.05) is 44.4 Å². The highest BCUT2D eigenvalue weighted by Crippen LogP contribution is 2.76. The van der Waals surface area contributed by atoms with Gasteiger partial charge in [-0.2, -0.15) is 0 Å². The average Bonchev–Trinajstić information content (AvgIpc) is 3.34. The van der Waals surface area contributed by atoms with E-state index in [9.17, 15) is 17.6 Å². The zero-order valence-corrected chi connectivity index (χ0v) is 32.5. The monoisotopic (exact) mass is 696 g/mol. The summed E-state index contributed by atoms with van der Waals surface area (Å²) in [5.74, 6) is 2.98. The highest BCUT2D eigenvalue weighted by Gasteiger charge is 2.69. The number of hydrogen-bond acceptors (Lipinski definition) is 5. The number of alkyl halides is 1. The number of Topliss-reactive ketones (excluding diaryl/α,β-unsaturated/α-hetero) is 1. The van der Waals surface area contributed by atoms with E-state index in [0.717, 1.165) is 63.6 Å². The van der Waals surface area contributed by atoms with E-state index in [1.807, 2.05) is 0 Å². The number of rotatable bonds is 7. The Bertz CT molecular complexity index is 1550. The molecule has 0 bridgehead atoms. The van der Waals surface area contributed by atoms with Gasteiger partial charge < -0.3 is 10.2 Å². The second kappa shape index (κ2) is 12.4. The van der Waals surface area contributed by atoms with Crippen molar-refractivity contribution in [3.8, 4) is 0 Å². The molecule has 0 radical (unpaired) electrons. The number of ketones is 1. The van der Waals surface area contributed by atoms with Crippen molar-refractivity contribution in [2.24, 2.45) is 51.2 Å². The third-order valence-electron chi connectivity index (χ3n) is 16.4. The smallest absolute Gasteiger partial charge is 0.161 e. The largest absolute Gasteiger partial charge is 0.306 e. The standard InChI is InChI=1S/C42H65FN2O3S/c1-28(2)36-33(46)26-42(44-20-21-45-22-24-49(47,48)25-23-45)19-18-40(6)32(37(36)42)12-13-35-39(5)16-14-31(30-10-8-29(27-43)9-11-30)38(3,4)34(39)15-17-41(35,40)7/h10,14,28-29,32,34-35,44H,8-9,11-13,15-27H2,1-7H3/t29-,32+,34-,35+,39-,40+,41+,42+/m0/s1. The summed E-state index contributed by atoms with van der Waals surface area (Å²) in [7, 11) is -2.90. The molecule has 1 aliphatic heterocycles. The lowest BCUT2D eigenvalue weighted by molar-refractivity contribution is -0.196. The molecule has 7 heteroatoms. The van der Waals surface area contributed by atoms with E-state index in [1.54, 1.807) is 5.57 Å². The first-order valence-electron chi connectivity index (χ1n) is 19.9. The van der Waals surface area contributed by atoms with Crippen LogP contribution in [-0.4, -0.2) is 69.0 Å². The van der Waals surface area contributed by atoms with Crippen molar-refractivity contribution in [2.45, 2.75) is 125 Å². The van der Waals surface area contributed by atoms with E-state index in [-0.39, 0.29) is 57.2 Å². The van der Waals surface area contributed by atoms with Gasteiger partial charge >= 0.3 is 0 Å². The second-order valence-electron chi connectivity index (χ2n) is 19.3. The van der Waals surface area contributed by atoms with E-state index in [1.165, 1.54) is 30.4 Å². The molecule has 0 aromatic heterocycles. The van der Waals surface area contributed by atoms with Gasteiger partial charge in [0.1, 0.15) is 0 Å². The fourth-order valence-electron chi connectivity index (χ4n) is 13.7. The normalized spacial score (nSPS) is 43.3. The minimum Gasteiger partial charge on any atom is -0.306 e. The number of fused-ring (bicyclic) bond motifs is 7. The molecule has 49 heavy (non-hydrogen) atoms. The number of hydrogen-bond donors (Lipinski definition) is 1. The molecule has 274 valence electrons. The van der Waals surface area contributed by atoms with Gasteiger partial charge in [-0.25, -0.2) is 8.42 Å². The first-order chi connectivity index (χ1) is 23.0. The van der Waals surface area contributed by atoms with Crippen LogP contribution in [-0.2, 0) is 14.6 Å². The minimum atomic E-state index is -2.90. The first kappa shape index (κ1) is 36.1. The molecule has 1 heterocycles. The van der Waals surface area contributed by atoms with Gasteiger partial charge in [0.25, 0.3) is 0 Å². The maximum Gasteiger partial charge on any atom is 0.161 e. The Labute approximate surface area is 297 Å². The highest BCUT2D eigenvalue weighted by molar-refractivity contribution is 7.91. The lowest BCUT2D eigenvalue weighted by Crippen LogP contribution is -2.66. The fraction of sp³-hybridized carbons (Fsp3) is 0.833. The van der Waals surface area contributed by atoms with Crippen LogP contribution in [0.25, 0.3) is 0 Å². The minimum absolute atomic E-state index is 0.107. The number of allylic oxidation sites excluding steroid dienone is 5. The number of nitrogens with zero attached hydrogens (tertiary/aromatic N) is 1. The van der Waals surface area contributed by atoms with Crippen LogP contribution in [0.5, 0.6) is 0 Å². The van der Waals surface area contributed by atoms with Crippen LogP contribution in [0.4, 0.5) is 4.39 Å². The van der Waals surface area contributed by atoms with E-state index >= 15 is 0 Å². The number of nitrogens with one attached hydrogen (secondary N) is 1. The number of halogens is 1. The van der Waals surface area contributed by atoms with Gasteiger partial charge in [0.15, 0.2) is 15.6 Å².